The van der Waals surface area contributed by atoms with Crippen LogP contribution in [0.5, 0.6) is 11.5 Å². The fourth-order valence-electron chi connectivity index (χ4n) is 2.49. The van der Waals surface area contributed by atoms with Crippen molar-refractivity contribution in [1.82, 2.24) is 0 Å². The van der Waals surface area contributed by atoms with Gasteiger partial charge in [0.15, 0.2) is 6.29 Å². The molecular weight excluding hydrogens is 272 g/mol. The third-order valence-corrected chi connectivity index (χ3v) is 3.57. The molecule has 0 aliphatic carbocycles. The second-order valence-corrected chi connectivity index (χ2v) is 5.07. The van der Waals surface area contributed by atoms with Crippen LogP contribution in [-0.4, -0.2) is 6.29 Å². The molecule has 22 heavy (non-hydrogen) atoms. The Morgan fingerprint density at radius 2 is 1.55 bits per heavy atom. The van der Waals surface area contributed by atoms with Crippen LogP contribution in [-0.2, 0) is 0 Å². The molecule has 0 saturated heterocycles. The van der Waals surface area contributed by atoms with Crippen LogP contribution in [0.15, 0.2) is 72.8 Å². The molecule has 0 spiro atoms. The molecule has 0 N–H and O–H groups in total. The van der Waals surface area contributed by atoms with Crippen LogP contribution >= 0.6 is 0 Å². The molecule has 3 aromatic carbocycles. The summed E-state index contributed by atoms with van der Waals surface area (Å²) >= 11 is 0. The van der Waals surface area contributed by atoms with Crippen LogP contribution < -0.4 is 4.74 Å². The fourth-order valence-corrected chi connectivity index (χ4v) is 2.49. The highest BCUT2D eigenvalue weighted by Crippen LogP contribution is 2.37. The second kappa shape index (κ2) is 6.27. The largest absolute Gasteiger partial charge is 0.457 e. The van der Waals surface area contributed by atoms with Gasteiger partial charge < -0.3 is 4.74 Å². The van der Waals surface area contributed by atoms with Crippen molar-refractivity contribution in [2.45, 2.75) is 6.92 Å². The molecule has 0 heterocycles. The SMILES string of the molecule is Cc1ccccc1-c1c(C=O)cccc1Oc1ccccc1. The maximum absolute atomic E-state index is 11.5. The Balaban J connectivity index is 2.15. The van der Waals surface area contributed by atoms with Crippen molar-refractivity contribution >= 4 is 6.29 Å². The number of ether oxygens (including phenoxy) is 1. The summed E-state index contributed by atoms with van der Waals surface area (Å²) in [5.41, 5.74) is 3.58. The molecule has 0 saturated carbocycles. The lowest BCUT2D eigenvalue weighted by molar-refractivity contribution is 0.112. The zero-order valence-corrected chi connectivity index (χ0v) is 12.3. The lowest BCUT2D eigenvalue weighted by Gasteiger charge is -2.15. The molecule has 0 aromatic heterocycles. The number of carbonyl (C=O) groups is 1. The highest BCUT2D eigenvalue weighted by molar-refractivity contribution is 5.91. The van der Waals surface area contributed by atoms with Crippen molar-refractivity contribution in [3.8, 4) is 22.6 Å². The molecule has 2 heteroatoms. The second-order valence-electron chi connectivity index (χ2n) is 5.07. The van der Waals surface area contributed by atoms with E-state index in [1.54, 1.807) is 0 Å². The summed E-state index contributed by atoms with van der Waals surface area (Å²) in [6.45, 7) is 2.03. The molecule has 0 radical (unpaired) electrons. The first-order chi connectivity index (χ1) is 10.8. The van der Waals surface area contributed by atoms with E-state index >= 15 is 0 Å². The van der Waals surface area contributed by atoms with E-state index in [1.165, 1.54) is 0 Å². The number of aryl methyl sites for hydroxylation is 1. The van der Waals surface area contributed by atoms with Crippen LogP contribution in [0.2, 0.25) is 0 Å². The van der Waals surface area contributed by atoms with Crippen LogP contribution in [0.4, 0.5) is 0 Å². The van der Waals surface area contributed by atoms with Gasteiger partial charge in [0.25, 0.3) is 0 Å². The maximum Gasteiger partial charge on any atom is 0.150 e. The lowest BCUT2D eigenvalue weighted by atomic mass is 9.95. The predicted octanol–water partition coefficient (Wildman–Crippen LogP) is 5.27. The highest BCUT2D eigenvalue weighted by Gasteiger charge is 2.14. The van der Waals surface area contributed by atoms with Gasteiger partial charge in [-0.2, -0.15) is 0 Å². The summed E-state index contributed by atoms with van der Waals surface area (Å²) in [6.07, 6.45) is 0.875. The molecule has 0 aliphatic rings. The van der Waals surface area contributed by atoms with Gasteiger partial charge in [0.2, 0.25) is 0 Å². The van der Waals surface area contributed by atoms with Crippen molar-refractivity contribution in [2.75, 3.05) is 0 Å². The van der Waals surface area contributed by atoms with E-state index in [9.17, 15) is 4.79 Å². The molecule has 3 aromatic rings. The third-order valence-electron chi connectivity index (χ3n) is 3.57. The third kappa shape index (κ3) is 2.77. The Morgan fingerprint density at radius 1 is 0.818 bits per heavy atom. The van der Waals surface area contributed by atoms with E-state index in [0.717, 1.165) is 28.7 Å². The summed E-state index contributed by atoms with van der Waals surface area (Å²) in [5.74, 6) is 1.44. The molecule has 108 valence electrons. The summed E-state index contributed by atoms with van der Waals surface area (Å²) in [5, 5.41) is 0. The Morgan fingerprint density at radius 3 is 2.27 bits per heavy atom. The molecule has 0 bridgehead atoms. The van der Waals surface area contributed by atoms with E-state index in [4.69, 9.17) is 4.74 Å². The minimum atomic E-state index is 0.628. The quantitative estimate of drug-likeness (QED) is 0.611. The zero-order valence-electron chi connectivity index (χ0n) is 12.3. The Hall–Kier alpha value is -2.87. The van der Waals surface area contributed by atoms with Gasteiger partial charge in [0, 0.05) is 11.1 Å². The molecule has 2 nitrogen and oxygen atoms in total. The van der Waals surface area contributed by atoms with E-state index in [2.05, 4.69) is 0 Å². The first kappa shape index (κ1) is 14.1. The maximum atomic E-state index is 11.5. The molecule has 0 aliphatic heterocycles. The van der Waals surface area contributed by atoms with E-state index in [1.807, 2.05) is 79.7 Å². The van der Waals surface area contributed by atoms with E-state index in [0.29, 0.717) is 11.3 Å². The van der Waals surface area contributed by atoms with E-state index in [-0.39, 0.29) is 0 Å². The van der Waals surface area contributed by atoms with Gasteiger partial charge >= 0.3 is 0 Å². The van der Waals surface area contributed by atoms with Crippen molar-refractivity contribution in [2.24, 2.45) is 0 Å². The van der Waals surface area contributed by atoms with Gasteiger partial charge in [-0.25, -0.2) is 0 Å². The lowest BCUT2D eigenvalue weighted by Crippen LogP contribution is -1.95. The minimum absolute atomic E-state index is 0.628. The number of carbonyl (C=O) groups excluding carboxylic acids is 1. The fraction of sp³-hybridized carbons (Fsp3) is 0.0500. The first-order valence-electron chi connectivity index (χ1n) is 7.16. The number of rotatable bonds is 4. The van der Waals surface area contributed by atoms with Crippen LogP contribution in [0.25, 0.3) is 11.1 Å². The number of para-hydroxylation sites is 1. The van der Waals surface area contributed by atoms with Gasteiger partial charge in [-0.1, -0.05) is 54.6 Å². The number of hydrogen-bond acceptors (Lipinski definition) is 2. The predicted molar refractivity (Wildman–Crippen MR) is 88.5 cm³/mol. The highest BCUT2D eigenvalue weighted by atomic mass is 16.5. The topological polar surface area (TPSA) is 26.3 Å². The number of benzene rings is 3. The van der Waals surface area contributed by atoms with Gasteiger partial charge in [0.05, 0.1) is 0 Å². The van der Waals surface area contributed by atoms with Crippen molar-refractivity contribution in [3.05, 3.63) is 83.9 Å². The molecular formula is C20H16O2. The number of aldehydes is 1. The Bertz CT molecular complexity index is 792. The van der Waals surface area contributed by atoms with Crippen LogP contribution in [0.1, 0.15) is 15.9 Å². The summed E-state index contributed by atoms with van der Waals surface area (Å²) in [6, 6.07) is 23.1. The smallest absolute Gasteiger partial charge is 0.150 e. The van der Waals surface area contributed by atoms with Crippen LogP contribution in [0, 0.1) is 6.92 Å². The van der Waals surface area contributed by atoms with Gasteiger partial charge in [-0.15, -0.1) is 0 Å². The van der Waals surface area contributed by atoms with E-state index < -0.39 is 0 Å². The summed E-state index contributed by atoms with van der Waals surface area (Å²) in [4.78, 5) is 11.5. The van der Waals surface area contributed by atoms with Gasteiger partial charge in [0.1, 0.15) is 11.5 Å². The zero-order chi connectivity index (χ0) is 15.4. The Kier molecular flexibility index (Phi) is 4.01. The van der Waals surface area contributed by atoms with Gasteiger partial charge in [-0.05, 0) is 36.2 Å². The van der Waals surface area contributed by atoms with Crippen molar-refractivity contribution in [3.63, 3.8) is 0 Å². The minimum Gasteiger partial charge on any atom is -0.457 e. The summed E-state index contributed by atoms with van der Waals surface area (Å²) < 4.78 is 6.00. The standard InChI is InChI=1S/C20H16O2/c1-15-8-5-6-12-18(15)20-16(14-21)9-7-13-19(20)22-17-10-3-2-4-11-17/h2-14H,1H3. The molecule has 3 rings (SSSR count). The van der Waals surface area contributed by atoms with Crippen molar-refractivity contribution < 1.29 is 9.53 Å². The molecule has 0 amide bonds. The Labute approximate surface area is 130 Å². The normalized spacial score (nSPS) is 10.2. The van der Waals surface area contributed by atoms with Crippen LogP contribution in [0.3, 0.4) is 0 Å². The average Bonchev–Trinajstić information content (AvgIpc) is 2.56. The average molecular weight is 288 g/mol. The van der Waals surface area contributed by atoms with Crippen molar-refractivity contribution in [1.29, 1.82) is 0 Å². The monoisotopic (exact) mass is 288 g/mol. The summed E-state index contributed by atoms with van der Waals surface area (Å²) in [7, 11) is 0. The molecule has 0 atom stereocenters. The first-order valence-corrected chi connectivity index (χ1v) is 7.16. The molecule has 0 fully saturated rings. The molecule has 0 unspecified atom stereocenters. The number of hydrogen-bond donors (Lipinski definition) is 0. The van der Waals surface area contributed by atoms with Gasteiger partial charge in [-0.3, -0.25) is 4.79 Å².